The minimum absolute atomic E-state index is 0.257. The Morgan fingerprint density at radius 2 is 1.97 bits per heavy atom. The first-order valence-corrected chi connectivity index (χ1v) is 10.7. The standard InChI is InChI=1S/C26H24N6O2/c1-17-8-9-21(29-25(33)18-6-5-7-20(10-18)26(2,3)16-27)12-24(17)32-15-23(30-31-32)19-11-22(34-4)14-28-13-19/h5-15H,1-4H3,(H,29,33). The van der Waals surface area contributed by atoms with Gasteiger partial charge in [-0.25, -0.2) is 4.68 Å². The van der Waals surface area contributed by atoms with E-state index in [4.69, 9.17) is 4.74 Å². The zero-order chi connectivity index (χ0) is 24.3. The number of anilines is 1. The van der Waals surface area contributed by atoms with Crippen molar-refractivity contribution in [2.24, 2.45) is 0 Å². The highest BCUT2D eigenvalue weighted by Crippen LogP contribution is 2.25. The Balaban J connectivity index is 1.59. The second kappa shape index (κ2) is 9.16. The first kappa shape index (κ1) is 22.7. The topological polar surface area (TPSA) is 106 Å². The average Bonchev–Trinajstić information content (AvgIpc) is 3.35. The van der Waals surface area contributed by atoms with Gasteiger partial charge in [-0.3, -0.25) is 9.78 Å². The van der Waals surface area contributed by atoms with Crippen LogP contribution < -0.4 is 10.1 Å². The molecule has 8 nitrogen and oxygen atoms in total. The minimum Gasteiger partial charge on any atom is -0.495 e. The second-order valence-electron chi connectivity index (χ2n) is 8.43. The van der Waals surface area contributed by atoms with Gasteiger partial charge in [-0.1, -0.05) is 23.4 Å². The Morgan fingerprint density at radius 3 is 2.74 bits per heavy atom. The summed E-state index contributed by atoms with van der Waals surface area (Å²) >= 11 is 0. The fraction of sp³-hybridized carbons (Fsp3) is 0.192. The van der Waals surface area contributed by atoms with Crippen LogP contribution in [0.15, 0.2) is 67.1 Å². The predicted molar refractivity (Wildman–Crippen MR) is 129 cm³/mol. The van der Waals surface area contributed by atoms with E-state index < -0.39 is 5.41 Å². The van der Waals surface area contributed by atoms with Crippen LogP contribution in [0, 0.1) is 18.3 Å². The summed E-state index contributed by atoms with van der Waals surface area (Å²) < 4.78 is 6.90. The average molecular weight is 453 g/mol. The van der Waals surface area contributed by atoms with Gasteiger partial charge in [0.1, 0.15) is 11.4 Å². The molecule has 4 rings (SSSR count). The second-order valence-corrected chi connectivity index (χ2v) is 8.43. The van der Waals surface area contributed by atoms with Gasteiger partial charge in [0.15, 0.2) is 0 Å². The van der Waals surface area contributed by atoms with Gasteiger partial charge in [-0.15, -0.1) is 5.10 Å². The molecule has 0 atom stereocenters. The number of carbonyl (C=O) groups excluding carboxylic acids is 1. The van der Waals surface area contributed by atoms with Gasteiger partial charge in [0, 0.05) is 23.0 Å². The smallest absolute Gasteiger partial charge is 0.255 e. The monoisotopic (exact) mass is 452 g/mol. The van der Waals surface area contributed by atoms with E-state index >= 15 is 0 Å². The van der Waals surface area contributed by atoms with Crippen LogP contribution in [0.1, 0.15) is 35.3 Å². The molecule has 0 radical (unpaired) electrons. The minimum atomic E-state index is -0.684. The van der Waals surface area contributed by atoms with Crippen LogP contribution in [0.5, 0.6) is 5.75 Å². The number of hydrogen-bond acceptors (Lipinski definition) is 6. The Morgan fingerprint density at radius 1 is 1.15 bits per heavy atom. The van der Waals surface area contributed by atoms with Crippen molar-refractivity contribution in [3.05, 3.63) is 83.8 Å². The van der Waals surface area contributed by atoms with Gasteiger partial charge in [0.25, 0.3) is 5.91 Å². The molecule has 0 saturated carbocycles. The number of nitrogens with zero attached hydrogens (tertiary/aromatic N) is 5. The van der Waals surface area contributed by atoms with Crippen molar-refractivity contribution in [1.29, 1.82) is 5.26 Å². The van der Waals surface area contributed by atoms with E-state index in [0.29, 0.717) is 22.7 Å². The van der Waals surface area contributed by atoms with Crippen molar-refractivity contribution >= 4 is 11.6 Å². The van der Waals surface area contributed by atoms with Gasteiger partial charge in [-0.05, 0) is 62.2 Å². The third-order valence-corrected chi connectivity index (χ3v) is 5.58. The summed E-state index contributed by atoms with van der Waals surface area (Å²) in [6.07, 6.45) is 5.13. The maximum atomic E-state index is 12.9. The normalized spacial score (nSPS) is 11.0. The summed E-state index contributed by atoms with van der Waals surface area (Å²) in [6, 6.07) is 16.8. The summed E-state index contributed by atoms with van der Waals surface area (Å²) in [5.74, 6) is 0.377. The number of hydrogen-bond donors (Lipinski definition) is 1. The third kappa shape index (κ3) is 4.64. The molecule has 0 fully saturated rings. The molecule has 0 aliphatic rings. The fourth-order valence-corrected chi connectivity index (χ4v) is 3.44. The van der Waals surface area contributed by atoms with Gasteiger partial charge < -0.3 is 10.1 Å². The molecule has 0 bridgehead atoms. The van der Waals surface area contributed by atoms with Crippen LogP contribution in [0.4, 0.5) is 5.69 Å². The number of nitriles is 1. The molecule has 1 amide bonds. The van der Waals surface area contributed by atoms with Gasteiger partial charge in [0.2, 0.25) is 0 Å². The van der Waals surface area contributed by atoms with E-state index in [9.17, 15) is 10.1 Å². The van der Waals surface area contributed by atoms with Gasteiger partial charge in [0.05, 0.1) is 36.7 Å². The number of methoxy groups -OCH3 is 1. The van der Waals surface area contributed by atoms with Crippen LogP contribution >= 0.6 is 0 Å². The Labute approximate surface area is 197 Å². The number of pyridine rings is 1. The lowest BCUT2D eigenvalue weighted by molar-refractivity contribution is 0.102. The van der Waals surface area contributed by atoms with Crippen molar-refractivity contribution in [2.45, 2.75) is 26.2 Å². The highest BCUT2D eigenvalue weighted by molar-refractivity contribution is 6.04. The molecule has 0 unspecified atom stereocenters. The van der Waals surface area contributed by atoms with Crippen LogP contribution in [-0.2, 0) is 5.41 Å². The lowest BCUT2D eigenvalue weighted by Gasteiger charge is -2.16. The predicted octanol–water partition coefficient (Wildman–Crippen LogP) is 4.70. The number of carbonyl (C=O) groups is 1. The maximum absolute atomic E-state index is 12.9. The molecule has 2 aromatic heterocycles. The third-order valence-electron chi connectivity index (χ3n) is 5.58. The van der Waals surface area contributed by atoms with Gasteiger partial charge >= 0.3 is 0 Å². The molecule has 0 spiro atoms. The SMILES string of the molecule is COc1cncc(-c2cn(-c3cc(NC(=O)c4cccc(C(C)(C)C#N)c4)ccc3C)nn2)c1. The summed E-state index contributed by atoms with van der Waals surface area (Å²) in [7, 11) is 1.58. The fourth-order valence-electron chi connectivity index (χ4n) is 3.44. The van der Waals surface area contributed by atoms with Crippen molar-refractivity contribution < 1.29 is 9.53 Å². The number of benzene rings is 2. The zero-order valence-corrected chi connectivity index (χ0v) is 19.4. The largest absolute Gasteiger partial charge is 0.495 e. The molecule has 34 heavy (non-hydrogen) atoms. The Kier molecular flexibility index (Phi) is 6.11. The Bertz CT molecular complexity index is 1400. The molecular formula is C26H24N6O2. The zero-order valence-electron chi connectivity index (χ0n) is 19.4. The number of nitrogens with one attached hydrogen (secondary N) is 1. The number of aromatic nitrogens is 4. The maximum Gasteiger partial charge on any atom is 0.255 e. The van der Waals surface area contributed by atoms with E-state index in [0.717, 1.165) is 22.4 Å². The highest BCUT2D eigenvalue weighted by atomic mass is 16.5. The summed E-state index contributed by atoms with van der Waals surface area (Å²) in [4.78, 5) is 17.1. The number of rotatable bonds is 6. The highest BCUT2D eigenvalue weighted by Gasteiger charge is 2.21. The summed E-state index contributed by atoms with van der Waals surface area (Å²) in [6.45, 7) is 5.61. The molecular weight excluding hydrogens is 428 g/mol. The van der Waals surface area contributed by atoms with Crippen LogP contribution in [-0.4, -0.2) is 33.0 Å². The lowest BCUT2D eigenvalue weighted by atomic mass is 9.85. The summed E-state index contributed by atoms with van der Waals surface area (Å²) in [5, 5.41) is 20.9. The van der Waals surface area contributed by atoms with E-state index in [-0.39, 0.29) is 5.91 Å². The molecule has 2 aromatic carbocycles. The van der Waals surface area contributed by atoms with Crippen LogP contribution in [0.3, 0.4) is 0 Å². The van der Waals surface area contributed by atoms with Crippen molar-refractivity contribution in [3.63, 3.8) is 0 Å². The van der Waals surface area contributed by atoms with E-state index in [1.807, 2.05) is 51.1 Å². The van der Waals surface area contributed by atoms with Crippen molar-refractivity contribution in [3.8, 4) is 28.8 Å². The number of aryl methyl sites for hydroxylation is 1. The molecule has 1 N–H and O–H groups in total. The quantitative estimate of drug-likeness (QED) is 0.455. The van der Waals surface area contributed by atoms with E-state index in [1.54, 1.807) is 48.6 Å². The number of amides is 1. The molecule has 0 aliphatic carbocycles. The first-order valence-electron chi connectivity index (χ1n) is 10.7. The first-order chi connectivity index (χ1) is 16.3. The molecule has 0 aliphatic heterocycles. The molecule has 8 heteroatoms. The summed E-state index contributed by atoms with van der Waals surface area (Å²) in [5.41, 5.74) is 4.39. The van der Waals surface area contributed by atoms with Crippen LogP contribution in [0.2, 0.25) is 0 Å². The van der Waals surface area contributed by atoms with Gasteiger partial charge in [-0.2, -0.15) is 5.26 Å². The number of ether oxygens (including phenoxy) is 1. The lowest BCUT2D eigenvalue weighted by Crippen LogP contribution is -2.17. The molecule has 170 valence electrons. The Hall–Kier alpha value is -4.51. The van der Waals surface area contributed by atoms with Crippen molar-refractivity contribution in [2.75, 3.05) is 12.4 Å². The van der Waals surface area contributed by atoms with E-state index in [1.165, 1.54) is 0 Å². The van der Waals surface area contributed by atoms with Crippen LogP contribution in [0.25, 0.3) is 16.9 Å². The molecule has 0 saturated heterocycles. The molecule has 2 heterocycles. The molecule has 4 aromatic rings. The van der Waals surface area contributed by atoms with E-state index in [2.05, 4.69) is 26.7 Å². The van der Waals surface area contributed by atoms with Crippen molar-refractivity contribution in [1.82, 2.24) is 20.0 Å².